The van der Waals surface area contributed by atoms with Gasteiger partial charge in [0.05, 0.1) is 0 Å². The third-order valence-corrected chi connectivity index (χ3v) is 5.46. The smallest absolute Gasteiger partial charge is 0.224 e. The average molecular weight is 327 g/mol. The molecule has 1 amide bonds. The molecule has 24 heavy (non-hydrogen) atoms. The number of carbonyl (C=O) groups is 1. The highest BCUT2D eigenvalue weighted by Gasteiger charge is 2.39. The minimum absolute atomic E-state index is 0.0164. The maximum atomic E-state index is 12.5. The van der Waals surface area contributed by atoms with E-state index in [2.05, 4.69) is 25.0 Å². The molecule has 0 spiro atoms. The van der Waals surface area contributed by atoms with E-state index in [9.17, 15) is 9.90 Å². The highest BCUT2D eigenvalue weighted by molar-refractivity contribution is 5.76. The van der Waals surface area contributed by atoms with Gasteiger partial charge in [-0.15, -0.1) is 0 Å². The van der Waals surface area contributed by atoms with Gasteiger partial charge in [0.25, 0.3) is 0 Å². The number of likely N-dealkylation sites (tertiary alicyclic amines) is 1. The third-order valence-electron chi connectivity index (χ3n) is 5.46. The zero-order chi connectivity index (χ0) is 17.2. The van der Waals surface area contributed by atoms with E-state index in [-0.39, 0.29) is 11.3 Å². The molecule has 5 heteroatoms. The van der Waals surface area contributed by atoms with Gasteiger partial charge in [-0.1, -0.05) is 26.0 Å². The first-order chi connectivity index (χ1) is 11.5. The Morgan fingerprint density at radius 3 is 2.92 bits per heavy atom. The summed E-state index contributed by atoms with van der Waals surface area (Å²) in [5, 5.41) is 13.9. The van der Waals surface area contributed by atoms with Crippen LogP contribution >= 0.6 is 0 Å². The number of aromatic hydroxyl groups is 1. The Kier molecular flexibility index (Phi) is 4.60. The van der Waals surface area contributed by atoms with Gasteiger partial charge in [0.1, 0.15) is 5.75 Å². The number of carbonyl (C=O) groups excluding carboxylic acids is 1. The second-order valence-corrected chi connectivity index (χ2v) is 6.98. The summed E-state index contributed by atoms with van der Waals surface area (Å²) in [6.45, 7) is 6.56. The van der Waals surface area contributed by atoms with Gasteiger partial charge in [-0.05, 0) is 41.5 Å². The summed E-state index contributed by atoms with van der Waals surface area (Å²) in [7, 11) is 0. The number of rotatable bonds is 4. The van der Waals surface area contributed by atoms with Crippen LogP contribution in [0.4, 0.5) is 0 Å². The number of piperidine rings is 1. The molecule has 1 aliphatic heterocycles. The molecular formula is C19H25N3O2. The zero-order valence-corrected chi connectivity index (χ0v) is 14.4. The van der Waals surface area contributed by atoms with Gasteiger partial charge in [-0.2, -0.15) is 5.10 Å². The molecule has 2 aromatic rings. The molecule has 0 bridgehead atoms. The minimum Gasteiger partial charge on any atom is -0.508 e. The topological polar surface area (TPSA) is 58.4 Å². The van der Waals surface area contributed by atoms with Crippen molar-refractivity contribution in [2.24, 2.45) is 5.92 Å². The first kappa shape index (κ1) is 16.6. The number of amides is 1. The number of aryl methyl sites for hydroxylation is 1. The average Bonchev–Trinajstić information content (AvgIpc) is 3.08. The number of phenolic OH excluding ortho intramolecular Hbond substituents is 1. The van der Waals surface area contributed by atoms with Crippen molar-refractivity contribution < 1.29 is 9.90 Å². The largest absolute Gasteiger partial charge is 0.508 e. The molecule has 1 aromatic heterocycles. The minimum atomic E-state index is -0.0164. The van der Waals surface area contributed by atoms with Crippen LogP contribution < -0.4 is 0 Å². The number of aromatic nitrogens is 2. The molecule has 0 radical (unpaired) electrons. The lowest BCUT2D eigenvalue weighted by Gasteiger charge is -2.45. The van der Waals surface area contributed by atoms with Gasteiger partial charge in [0.15, 0.2) is 0 Å². The summed E-state index contributed by atoms with van der Waals surface area (Å²) in [5.74, 6) is 0.829. The van der Waals surface area contributed by atoms with E-state index >= 15 is 0 Å². The molecule has 2 heterocycles. The van der Waals surface area contributed by atoms with Gasteiger partial charge >= 0.3 is 0 Å². The van der Waals surface area contributed by atoms with Gasteiger partial charge in [-0.25, -0.2) is 0 Å². The van der Waals surface area contributed by atoms with Gasteiger partial charge in [0.2, 0.25) is 5.91 Å². The fourth-order valence-electron chi connectivity index (χ4n) is 3.55. The van der Waals surface area contributed by atoms with Gasteiger partial charge < -0.3 is 10.0 Å². The van der Waals surface area contributed by atoms with E-state index in [1.807, 2.05) is 29.3 Å². The molecular weight excluding hydrogens is 302 g/mol. The van der Waals surface area contributed by atoms with E-state index in [1.165, 1.54) is 0 Å². The van der Waals surface area contributed by atoms with Crippen LogP contribution in [0.25, 0.3) is 0 Å². The Hall–Kier alpha value is -2.30. The van der Waals surface area contributed by atoms with Crippen LogP contribution in [0.1, 0.15) is 32.3 Å². The molecule has 0 unspecified atom stereocenters. The van der Waals surface area contributed by atoms with Crippen molar-refractivity contribution in [1.29, 1.82) is 0 Å². The molecule has 1 saturated heterocycles. The number of hydrogen-bond acceptors (Lipinski definition) is 3. The van der Waals surface area contributed by atoms with Crippen molar-refractivity contribution in [1.82, 2.24) is 14.7 Å². The van der Waals surface area contributed by atoms with Crippen LogP contribution in [0.3, 0.4) is 0 Å². The van der Waals surface area contributed by atoms with Crippen molar-refractivity contribution in [2.45, 2.75) is 38.6 Å². The molecule has 5 nitrogen and oxygen atoms in total. The third kappa shape index (κ3) is 3.30. The van der Waals surface area contributed by atoms with E-state index in [0.717, 1.165) is 25.1 Å². The van der Waals surface area contributed by atoms with E-state index in [4.69, 9.17) is 0 Å². The van der Waals surface area contributed by atoms with E-state index in [0.29, 0.717) is 24.6 Å². The molecule has 1 aliphatic rings. The number of benzene rings is 1. The maximum Gasteiger partial charge on any atom is 0.224 e. The normalized spacial score (nSPS) is 24.1. The van der Waals surface area contributed by atoms with E-state index in [1.54, 1.807) is 16.9 Å². The summed E-state index contributed by atoms with van der Waals surface area (Å²) >= 11 is 0. The predicted octanol–water partition coefficient (Wildman–Crippen LogP) is 2.81. The van der Waals surface area contributed by atoms with Crippen LogP contribution in [0.5, 0.6) is 5.75 Å². The first-order valence-electron chi connectivity index (χ1n) is 8.54. The van der Waals surface area contributed by atoms with E-state index < -0.39 is 0 Å². The quantitative estimate of drug-likeness (QED) is 0.939. The summed E-state index contributed by atoms with van der Waals surface area (Å²) < 4.78 is 1.79. The fourth-order valence-corrected chi connectivity index (χ4v) is 3.55. The van der Waals surface area contributed by atoms with Crippen molar-refractivity contribution >= 4 is 5.91 Å². The van der Waals surface area contributed by atoms with Crippen molar-refractivity contribution in [3.63, 3.8) is 0 Å². The Labute approximate surface area is 142 Å². The standard InChI is InChI=1S/C19H25N3O2/c1-15-14-21(18(24)7-11-22-10-4-9-20-22)12-8-19(15,2)16-5-3-6-17(23)13-16/h3-6,9-10,13,15,23H,7-8,11-12,14H2,1-2H3/t15-,19-/m0/s1. The number of phenols is 1. The molecule has 0 saturated carbocycles. The summed E-state index contributed by atoms with van der Waals surface area (Å²) in [5.41, 5.74) is 1.14. The van der Waals surface area contributed by atoms with Crippen LogP contribution in [-0.2, 0) is 16.8 Å². The van der Waals surface area contributed by atoms with Crippen LogP contribution in [0.15, 0.2) is 42.7 Å². The highest BCUT2D eigenvalue weighted by atomic mass is 16.3. The van der Waals surface area contributed by atoms with Crippen molar-refractivity contribution in [3.05, 3.63) is 48.3 Å². The van der Waals surface area contributed by atoms with Crippen LogP contribution in [0, 0.1) is 5.92 Å². The molecule has 128 valence electrons. The lowest BCUT2D eigenvalue weighted by Crippen LogP contribution is -2.49. The highest BCUT2D eigenvalue weighted by Crippen LogP contribution is 2.40. The SMILES string of the molecule is C[C@H]1CN(C(=O)CCn2cccn2)CC[C@]1(C)c1cccc(O)c1. The Morgan fingerprint density at radius 1 is 1.42 bits per heavy atom. The summed E-state index contributed by atoms with van der Waals surface area (Å²) in [6, 6.07) is 9.39. The van der Waals surface area contributed by atoms with Gasteiger partial charge in [-0.3, -0.25) is 9.48 Å². The Bertz CT molecular complexity index is 698. The summed E-state index contributed by atoms with van der Waals surface area (Å²) in [4.78, 5) is 14.5. The number of hydrogen-bond donors (Lipinski definition) is 1. The molecule has 1 N–H and O–H groups in total. The fraction of sp³-hybridized carbons (Fsp3) is 0.474. The second-order valence-electron chi connectivity index (χ2n) is 6.98. The second kappa shape index (κ2) is 6.67. The number of nitrogens with zero attached hydrogens (tertiary/aromatic N) is 3. The zero-order valence-electron chi connectivity index (χ0n) is 14.4. The molecule has 1 fully saturated rings. The first-order valence-corrected chi connectivity index (χ1v) is 8.54. The Balaban J connectivity index is 1.63. The predicted molar refractivity (Wildman–Crippen MR) is 92.7 cm³/mol. The maximum absolute atomic E-state index is 12.5. The van der Waals surface area contributed by atoms with Gasteiger partial charge in [0, 0.05) is 38.4 Å². The molecule has 3 rings (SSSR count). The van der Waals surface area contributed by atoms with Crippen LogP contribution in [-0.4, -0.2) is 38.8 Å². The lowest BCUT2D eigenvalue weighted by molar-refractivity contribution is -0.134. The summed E-state index contributed by atoms with van der Waals surface area (Å²) in [6.07, 6.45) is 5.00. The molecule has 1 aromatic carbocycles. The van der Waals surface area contributed by atoms with Crippen molar-refractivity contribution in [3.8, 4) is 5.75 Å². The monoisotopic (exact) mass is 327 g/mol. The molecule has 0 aliphatic carbocycles. The van der Waals surface area contributed by atoms with Crippen LogP contribution in [0.2, 0.25) is 0 Å². The van der Waals surface area contributed by atoms with Crippen molar-refractivity contribution in [2.75, 3.05) is 13.1 Å². The Morgan fingerprint density at radius 2 is 2.25 bits per heavy atom. The molecule has 2 atom stereocenters. The lowest BCUT2D eigenvalue weighted by atomic mass is 9.68.